The van der Waals surface area contributed by atoms with Crippen molar-refractivity contribution in [3.63, 3.8) is 0 Å². The lowest BCUT2D eigenvalue weighted by Gasteiger charge is -2.25. The van der Waals surface area contributed by atoms with Crippen LogP contribution < -0.4 is 5.32 Å². The zero-order valence-corrected chi connectivity index (χ0v) is 18.6. The van der Waals surface area contributed by atoms with Crippen LogP contribution in [0.4, 0.5) is 4.39 Å². The first kappa shape index (κ1) is 21.8. The fraction of sp³-hybridized carbons (Fsp3) is 0.348. The molecule has 162 valence electrons. The number of halogens is 2. The molecule has 8 heteroatoms. The maximum Gasteiger partial charge on any atom is 0.230 e. The molecule has 1 N–H and O–H groups in total. The summed E-state index contributed by atoms with van der Waals surface area (Å²) < 4.78 is 16.5. The molecule has 1 fully saturated rings. The molecule has 0 radical (unpaired) electrons. The average Bonchev–Trinajstić information content (AvgIpc) is 3.22. The Morgan fingerprint density at radius 2 is 1.84 bits per heavy atom. The van der Waals surface area contributed by atoms with Crippen molar-refractivity contribution in [3.05, 3.63) is 64.9 Å². The molecule has 1 heterocycles. The normalized spacial score (nSPS) is 14.5. The lowest BCUT2D eigenvalue weighted by molar-refractivity contribution is -0.118. The van der Waals surface area contributed by atoms with Crippen molar-refractivity contribution in [1.29, 1.82) is 0 Å². The van der Waals surface area contributed by atoms with Gasteiger partial charge in [-0.2, -0.15) is 0 Å². The lowest BCUT2D eigenvalue weighted by atomic mass is 9.95. The van der Waals surface area contributed by atoms with Crippen LogP contribution in [0.3, 0.4) is 0 Å². The number of nitrogens with zero attached hydrogens (tertiary/aromatic N) is 3. The third-order valence-electron chi connectivity index (χ3n) is 5.45. The Morgan fingerprint density at radius 3 is 2.58 bits per heavy atom. The second-order valence-corrected chi connectivity index (χ2v) is 9.02. The van der Waals surface area contributed by atoms with Gasteiger partial charge in [0.25, 0.3) is 0 Å². The van der Waals surface area contributed by atoms with E-state index in [2.05, 4.69) is 15.5 Å². The van der Waals surface area contributed by atoms with Gasteiger partial charge in [-0.15, -0.1) is 10.2 Å². The minimum atomic E-state index is -0.316. The predicted octanol–water partition coefficient (Wildman–Crippen LogP) is 5.65. The summed E-state index contributed by atoms with van der Waals surface area (Å²) in [5, 5.41) is 12.9. The summed E-state index contributed by atoms with van der Waals surface area (Å²) in [6.45, 7) is 0.437. The Hall–Kier alpha value is -2.38. The molecule has 0 bridgehead atoms. The highest BCUT2D eigenvalue weighted by Crippen LogP contribution is 2.36. The molecular weight excluding hydrogens is 435 g/mol. The van der Waals surface area contributed by atoms with Crippen molar-refractivity contribution in [2.24, 2.45) is 0 Å². The van der Waals surface area contributed by atoms with E-state index < -0.39 is 0 Å². The predicted molar refractivity (Wildman–Crippen MR) is 122 cm³/mol. The Bertz CT molecular complexity index is 1030. The Kier molecular flexibility index (Phi) is 7.25. The van der Waals surface area contributed by atoms with Crippen LogP contribution in [0.15, 0.2) is 53.7 Å². The molecule has 0 atom stereocenters. The van der Waals surface area contributed by atoms with Gasteiger partial charge in [-0.1, -0.05) is 66.9 Å². The smallest absolute Gasteiger partial charge is 0.230 e. The van der Waals surface area contributed by atoms with Crippen LogP contribution in [0.1, 0.15) is 43.7 Å². The maximum atomic E-state index is 14.5. The molecule has 4 rings (SSSR count). The van der Waals surface area contributed by atoms with Gasteiger partial charge in [0.05, 0.1) is 11.3 Å². The molecule has 0 spiro atoms. The monoisotopic (exact) mass is 458 g/mol. The molecular formula is C23H24ClFN4OS. The fourth-order valence-electron chi connectivity index (χ4n) is 3.85. The molecule has 0 unspecified atom stereocenters. The minimum absolute atomic E-state index is 0.0921. The van der Waals surface area contributed by atoms with Gasteiger partial charge in [-0.25, -0.2) is 4.39 Å². The Labute approximate surface area is 190 Å². The number of nitrogens with one attached hydrogen (secondary N) is 1. The largest absolute Gasteiger partial charge is 0.351 e. The van der Waals surface area contributed by atoms with Gasteiger partial charge >= 0.3 is 0 Å². The molecule has 1 aromatic heterocycles. The number of aromatic nitrogens is 3. The van der Waals surface area contributed by atoms with E-state index >= 15 is 0 Å². The minimum Gasteiger partial charge on any atom is -0.351 e. The Balaban J connectivity index is 1.47. The van der Waals surface area contributed by atoms with Gasteiger partial charge in [0.2, 0.25) is 5.91 Å². The van der Waals surface area contributed by atoms with E-state index in [9.17, 15) is 9.18 Å². The van der Waals surface area contributed by atoms with E-state index in [-0.39, 0.29) is 23.5 Å². The van der Waals surface area contributed by atoms with E-state index in [4.69, 9.17) is 11.6 Å². The first-order chi connectivity index (χ1) is 15.1. The van der Waals surface area contributed by atoms with Gasteiger partial charge in [0.15, 0.2) is 11.0 Å². The highest BCUT2D eigenvalue weighted by atomic mass is 35.5. The highest BCUT2D eigenvalue weighted by Gasteiger charge is 2.25. The quantitative estimate of drug-likeness (QED) is 0.464. The van der Waals surface area contributed by atoms with Gasteiger partial charge in [-0.3, -0.25) is 9.36 Å². The number of amides is 1. The van der Waals surface area contributed by atoms with E-state index in [0.717, 1.165) is 31.2 Å². The standard InChI is InChI=1S/C23H24ClFN4OS/c24-17-12-10-16(11-13-17)14-26-21(30)15-31-23-28-27-22(19-8-4-5-9-20(19)25)29(23)18-6-2-1-3-7-18/h4-5,8-13,18H,1-3,6-7,14-15H2,(H,26,30). The van der Waals surface area contributed by atoms with Crippen molar-refractivity contribution in [2.75, 3.05) is 5.75 Å². The van der Waals surface area contributed by atoms with Gasteiger partial charge in [-0.05, 0) is 42.7 Å². The van der Waals surface area contributed by atoms with Crippen LogP contribution in [0.25, 0.3) is 11.4 Å². The molecule has 3 aromatic rings. The van der Waals surface area contributed by atoms with Crippen LogP contribution >= 0.6 is 23.4 Å². The summed E-state index contributed by atoms with van der Waals surface area (Å²) >= 11 is 7.24. The van der Waals surface area contributed by atoms with E-state index in [1.165, 1.54) is 24.2 Å². The lowest BCUT2D eigenvalue weighted by Crippen LogP contribution is -2.25. The van der Waals surface area contributed by atoms with Gasteiger partial charge < -0.3 is 5.32 Å². The Morgan fingerprint density at radius 1 is 1.10 bits per heavy atom. The second-order valence-electron chi connectivity index (χ2n) is 7.64. The third kappa shape index (κ3) is 5.46. The number of hydrogen-bond donors (Lipinski definition) is 1. The number of rotatable bonds is 7. The van der Waals surface area contributed by atoms with Crippen molar-refractivity contribution in [2.45, 2.75) is 49.8 Å². The van der Waals surface area contributed by atoms with Crippen molar-refractivity contribution in [1.82, 2.24) is 20.1 Å². The number of carbonyl (C=O) groups is 1. The third-order valence-corrected chi connectivity index (χ3v) is 6.65. The van der Waals surface area contributed by atoms with Crippen molar-refractivity contribution >= 4 is 29.3 Å². The average molecular weight is 459 g/mol. The van der Waals surface area contributed by atoms with Crippen LogP contribution in [0, 0.1) is 5.82 Å². The molecule has 2 aromatic carbocycles. The van der Waals surface area contributed by atoms with Gasteiger partial charge in [0, 0.05) is 17.6 Å². The molecule has 1 aliphatic carbocycles. The summed E-state index contributed by atoms with van der Waals surface area (Å²) in [6.07, 6.45) is 5.49. The summed E-state index contributed by atoms with van der Waals surface area (Å²) in [5.41, 5.74) is 1.43. The first-order valence-electron chi connectivity index (χ1n) is 10.5. The number of hydrogen-bond acceptors (Lipinski definition) is 4. The van der Waals surface area contributed by atoms with E-state index in [1.54, 1.807) is 30.3 Å². The molecule has 1 aliphatic rings. The van der Waals surface area contributed by atoms with E-state index in [0.29, 0.717) is 28.1 Å². The molecule has 1 amide bonds. The number of benzene rings is 2. The molecule has 0 saturated heterocycles. The summed E-state index contributed by atoms with van der Waals surface area (Å²) in [4.78, 5) is 12.4. The van der Waals surface area contributed by atoms with Crippen LogP contribution in [-0.2, 0) is 11.3 Å². The number of carbonyl (C=O) groups excluding carboxylic acids is 1. The van der Waals surface area contributed by atoms with Crippen LogP contribution in [0.5, 0.6) is 0 Å². The highest BCUT2D eigenvalue weighted by molar-refractivity contribution is 7.99. The fourth-order valence-corrected chi connectivity index (χ4v) is 4.82. The molecule has 31 heavy (non-hydrogen) atoms. The SMILES string of the molecule is O=C(CSc1nnc(-c2ccccc2F)n1C1CCCCC1)NCc1ccc(Cl)cc1. The number of thioether (sulfide) groups is 1. The zero-order chi connectivity index (χ0) is 21.6. The summed E-state index contributed by atoms with van der Waals surface area (Å²) in [6, 6.07) is 14.2. The first-order valence-corrected chi connectivity index (χ1v) is 11.8. The molecule has 1 saturated carbocycles. The summed E-state index contributed by atoms with van der Waals surface area (Å²) in [7, 11) is 0. The zero-order valence-electron chi connectivity index (χ0n) is 17.1. The van der Waals surface area contributed by atoms with E-state index in [1.807, 2.05) is 16.7 Å². The van der Waals surface area contributed by atoms with Crippen molar-refractivity contribution in [3.8, 4) is 11.4 Å². The second kappa shape index (κ2) is 10.3. The van der Waals surface area contributed by atoms with Crippen molar-refractivity contribution < 1.29 is 9.18 Å². The summed E-state index contributed by atoms with van der Waals surface area (Å²) in [5.74, 6) is 0.347. The maximum absolute atomic E-state index is 14.5. The molecule has 0 aliphatic heterocycles. The topological polar surface area (TPSA) is 59.8 Å². The van der Waals surface area contributed by atoms with Crippen LogP contribution in [-0.4, -0.2) is 26.4 Å². The molecule has 5 nitrogen and oxygen atoms in total. The van der Waals surface area contributed by atoms with Gasteiger partial charge in [0.1, 0.15) is 5.82 Å². The van der Waals surface area contributed by atoms with Crippen LogP contribution in [0.2, 0.25) is 5.02 Å².